The van der Waals surface area contributed by atoms with Gasteiger partial charge in [0.25, 0.3) is 0 Å². The molecule has 3 heteroatoms. The Hall–Kier alpha value is -1.35. The summed E-state index contributed by atoms with van der Waals surface area (Å²) in [6.45, 7) is 5.11. The van der Waals surface area contributed by atoms with Crippen molar-refractivity contribution < 1.29 is 4.79 Å². The maximum atomic E-state index is 12.9. The minimum Gasteiger partial charge on any atom is -0.321 e. The largest absolute Gasteiger partial charge is 0.321 e. The van der Waals surface area contributed by atoms with Crippen molar-refractivity contribution in [2.45, 2.75) is 57.7 Å². The highest BCUT2D eigenvalue weighted by Crippen LogP contribution is 2.41. The number of carbonyl (C=O) groups excluding carboxylic acids is 1. The Balaban J connectivity index is 1.97. The van der Waals surface area contributed by atoms with E-state index in [1.54, 1.807) is 0 Å². The van der Waals surface area contributed by atoms with Crippen LogP contribution in [0.3, 0.4) is 0 Å². The number of nitrogens with one attached hydrogen (secondary N) is 1. The summed E-state index contributed by atoms with van der Waals surface area (Å²) < 4.78 is 0. The second-order valence-electron chi connectivity index (χ2n) is 6.19. The van der Waals surface area contributed by atoms with E-state index in [1.165, 1.54) is 24.0 Å². The van der Waals surface area contributed by atoms with Crippen molar-refractivity contribution in [1.29, 1.82) is 0 Å². The molecule has 1 amide bonds. The minimum absolute atomic E-state index is 0.0572. The molecule has 1 saturated carbocycles. The van der Waals surface area contributed by atoms with Gasteiger partial charge in [0, 0.05) is 6.54 Å². The van der Waals surface area contributed by atoms with E-state index < -0.39 is 0 Å². The first-order valence-corrected chi connectivity index (χ1v) is 7.82. The summed E-state index contributed by atoms with van der Waals surface area (Å²) >= 11 is 0. The van der Waals surface area contributed by atoms with Crippen LogP contribution < -0.4 is 5.32 Å². The molecule has 1 N–H and O–H groups in total. The second-order valence-corrected chi connectivity index (χ2v) is 6.19. The van der Waals surface area contributed by atoms with Gasteiger partial charge in [-0.05, 0) is 37.3 Å². The molecular weight excluding hydrogens is 248 g/mol. The average Bonchev–Trinajstić information content (AvgIpc) is 3.01. The number of hydrogen-bond donors (Lipinski definition) is 1. The molecule has 20 heavy (non-hydrogen) atoms. The third-order valence-corrected chi connectivity index (χ3v) is 4.80. The van der Waals surface area contributed by atoms with E-state index >= 15 is 0 Å². The maximum absolute atomic E-state index is 12.9. The van der Waals surface area contributed by atoms with Crippen LogP contribution in [0.4, 0.5) is 0 Å². The highest BCUT2D eigenvalue weighted by atomic mass is 16.2. The number of hydrogen-bond acceptors (Lipinski definition) is 2. The topological polar surface area (TPSA) is 32.3 Å². The molecular formula is C17H24N2O. The molecule has 1 saturated heterocycles. The normalized spacial score (nSPS) is 24.8. The van der Waals surface area contributed by atoms with Crippen LogP contribution in [0.2, 0.25) is 0 Å². The van der Waals surface area contributed by atoms with Crippen molar-refractivity contribution in [2.24, 2.45) is 0 Å². The lowest BCUT2D eigenvalue weighted by atomic mass is 9.98. The first kappa shape index (κ1) is 13.6. The molecule has 3 nitrogen and oxygen atoms in total. The van der Waals surface area contributed by atoms with E-state index in [-0.39, 0.29) is 11.7 Å². The fourth-order valence-corrected chi connectivity index (χ4v) is 3.74. The molecule has 2 fully saturated rings. The molecule has 1 spiro atoms. The lowest BCUT2D eigenvalue weighted by molar-refractivity contribution is -0.133. The van der Waals surface area contributed by atoms with Crippen LogP contribution in [-0.4, -0.2) is 22.9 Å². The van der Waals surface area contributed by atoms with Gasteiger partial charge in [0.15, 0.2) is 0 Å². The van der Waals surface area contributed by atoms with Crippen LogP contribution in [0.1, 0.15) is 56.3 Å². The van der Waals surface area contributed by atoms with Crippen molar-refractivity contribution in [2.75, 3.05) is 6.54 Å². The molecule has 0 radical (unpaired) electrons. The van der Waals surface area contributed by atoms with Crippen LogP contribution >= 0.6 is 0 Å². The Bertz CT molecular complexity index is 505. The molecule has 1 aromatic carbocycles. The van der Waals surface area contributed by atoms with Crippen molar-refractivity contribution in [1.82, 2.24) is 10.2 Å². The second kappa shape index (κ2) is 5.21. The van der Waals surface area contributed by atoms with Crippen LogP contribution in [0, 0.1) is 6.92 Å². The summed E-state index contributed by atoms with van der Waals surface area (Å²) in [5.41, 5.74) is 2.23. The third kappa shape index (κ3) is 2.05. The van der Waals surface area contributed by atoms with Gasteiger partial charge >= 0.3 is 0 Å². The highest BCUT2D eigenvalue weighted by molar-refractivity contribution is 5.89. The molecule has 1 heterocycles. The van der Waals surface area contributed by atoms with Crippen molar-refractivity contribution in [3.05, 3.63) is 35.4 Å². The molecule has 3 rings (SSSR count). The van der Waals surface area contributed by atoms with E-state index in [1.807, 2.05) is 0 Å². The summed E-state index contributed by atoms with van der Waals surface area (Å²) in [7, 11) is 0. The summed E-state index contributed by atoms with van der Waals surface area (Å²) in [6.07, 6.45) is 5.38. The number of amides is 1. The van der Waals surface area contributed by atoms with Crippen LogP contribution in [-0.2, 0) is 4.79 Å². The zero-order chi connectivity index (χ0) is 14.2. The van der Waals surface area contributed by atoms with Crippen molar-refractivity contribution in [3.63, 3.8) is 0 Å². The lowest BCUT2D eigenvalue weighted by Crippen LogP contribution is -2.44. The van der Waals surface area contributed by atoms with Gasteiger partial charge in [-0.15, -0.1) is 0 Å². The zero-order valence-electron chi connectivity index (χ0n) is 12.5. The molecule has 1 unspecified atom stereocenters. The van der Waals surface area contributed by atoms with Crippen molar-refractivity contribution >= 4 is 5.91 Å². The average molecular weight is 272 g/mol. The van der Waals surface area contributed by atoms with Gasteiger partial charge in [-0.3, -0.25) is 10.1 Å². The Labute approximate surface area is 121 Å². The number of benzene rings is 1. The Morgan fingerprint density at radius 1 is 1.30 bits per heavy atom. The SMILES string of the molecule is CCCN1C(=O)C2(CCCC2)NC1c1ccccc1C. The molecule has 1 atom stereocenters. The molecule has 108 valence electrons. The first-order chi connectivity index (χ1) is 9.68. The zero-order valence-corrected chi connectivity index (χ0v) is 12.5. The van der Waals surface area contributed by atoms with Gasteiger partial charge in [0.05, 0.1) is 5.54 Å². The number of nitrogens with zero attached hydrogens (tertiary/aromatic N) is 1. The Morgan fingerprint density at radius 2 is 2.00 bits per heavy atom. The Morgan fingerprint density at radius 3 is 2.65 bits per heavy atom. The molecule has 1 aliphatic carbocycles. The number of aryl methyl sites for hydroxylation is 1. The summed E-state index contributed by atoms with van der Waals surface area (Å²) in [6, 6.07) is 8.41. The highest BCUT2D eigenvalue weighted by Gasteiger charge is 2.52. The standard InChI is InChI=1S/C17H24N2O/c1-3-12-19-15(14-9-5-4-8-13(14)2)18-17(16(19)20)10-6-7-11-17/h4-5,8-9,15,18H,3,6-7,10-12H2,1-2H3. The predicted octanol–water partition coefficient (Wildman–Crippen LogP) is 3.15. The van der Waals surface area contributed by atoms with Gasteiger partial charge in [-0.2, -0.15) is 0 Å². The number of carbonyl (C=O) groups is 1. The lowest BCUT2D eigenvalue weighted by Gasteiger charge is -2.25. The maximum Gasteiger partial charge on any atom is 0.244 e. The van der Waals surface area contributed by atoms with E-state index in [4.69, 9.17) is 0 Å². The quantitative estimate of drug-likeness (QED) is 0.916. The van der Waals surface area contributed by atoms with E-state index in [0.717, 1.165) is 25.8 Å². The Kier molecular flexibility index (Phi) is 3.55. The van der Waals surface area contributed by atoms with Crippen LogP contribution in [0.15, 0.2) is 24.3 Å². The fraction of sp³-hybridized carbons (Fsp3) is 0.588. The van der Waals surface area contributed by atoms with E-state index in [9.17, 15) is 4.79 Å². The van der Waals surface area contributed by atoms with E-state index in [2.05, 4.69) is 48.3 Å². The predicted molar refractivity (Wildman–Crippen MR) is 80.3 cm³/mol. The van der Waals surface area contributed by atoms with Crippen molar-refractivity contribution in [3.8, 4) is 0 Å². The van der Waals surface area contributed by atoms with Gasteiger partial charge in [-0.25, -0.2) is 0 Å². The summed E-state index contributed by atoms with van der Waals surface area (Å²) in [5.74, 6) is 0.324. The molecule has 1 aliphatic heterocycles. The molecule has 0 bridgehead atoms. The van der Waals surface area contributed by atoms with Crippen LogP contribution in [0.5, 0.6) is 0 Å². The van der Waals surface area contributed by atoms with Gasteiger partial charge in [0.1, 0.15) is 6.17 Å². The summed E-state index contributed by atoms with van der Waals surface area (Å²) in [5, 5.41) is 3.68. The summed E-state index contributed by atoms with van der Waals surface area (Å²) in [4.78, 5) is 14.9. The van der Waals surface area contributed by atoms with Gasteiger partial charge < -0.3 is 4.90 Å². The minimum atomic E-state index is -0.276. The molecule has 0 aromatic heterocycles. The molecule has 1 aromatic rings. The molecule has 2 aliphatic rings. The van der Waals surface area contributed by atoms with Gasteiger partial charge in [-0.1, -0.05) is 44.0 Å². The monoisotopic (exact) mass is 272 g/mol. The van der Waals surface area contributed by atoms with Gasteiger partial charge in [0.2, 0.25) is 5.91 Å². The number of rotatable bonds is 3. The first-order valence-electron chi connectivity index (χ1n) is 7.82. The smallest absolute Gasteiger partial charge is 0.244 e. The van der Waals surface area contributed by atoms with E-state index in [0.29, 0.717) is 5.91 Å². The fourth-order valence-electron chi connectivity index (χ4n) is 3.74. The van der Waals surface area contributed by atoms with Crippen LogP contribution in [0.25, 0.3) is 0 Å². The third-order valence-electron chi connectivity index (χ3n) is 4.80.